The van der Waals surface area contributed by atoms with Gasteiger partial charge in [-0.1, -0.05) is 27.5 Å². The third-order valence-electron chi connectivity index (χ3n) is 1.91. The fraction of sp³-hybridized carbons (Fsp3) is 0.0909. The summed E-state index contributed by atoms with van der Waals surface area (Å²) in [6, 6.07) is 7.10. The molecular formula is C11H8BrClN2O2. The van der Waals surface area contributed by atoms with E-state index in [0.29, 0.717) is 16.7 Å². The van der Waals surface area contributed by atoms with Crippen LogP contribution in [0.3, 0.4) is 0 Å². The Bertz CT molecular complexity index is 537. The summed E-state index contributed by atoms with van der Waals surface area (Å²) < 4.78 is 11.3. The predicted octanol–water partition coefficient (Wildman–Crippen LogP) is 3.69. The lowest BCUT2D eigenvalue weighted by Gasteiger charge is -2.06. The zero-order valence-electron chi connectivity index (χ0n) is 8.85. The van der Waals surface area contributed by atoms with Gasteiger partial charge in [-0.15, -0.1) is 0 Å². The normalized spacial score (nSPS) is 10.1. The molecule has 6 heteroatoms. The zero-order chi connectivity index (χ0) is 12.3. The minimum Gasteiger partial charge on any atom is -0.481 e. The molecule has 2 aromatic rings. The molecule has 0 atom stereocenters. The van der Waals surface area contributed by atoms with Gasteiger partial charge in [0.1, 0.15) is 0 Å². The summed E-state index contributed by atoms with van der Waals surface area (Å²) in [7, 11) is 1.53. The zero-order valence-corrected chi connectivity index (χ0v) is 11.2. The van der Waals surface area contributed by atoms with E-state index in [-0.39, 0.29) is 6.01 Å². The van der Waals surface area contributed by atoms with Gasteiger partial charge >= 0.3 is 6.01 Å². The van der Waals surface area contributed by atoms with Crippen LogP contribution in [0.1, 0.15) is 0 Å². The van der Waals surface area contributed by atoms with Crippen LogP contribution in [0.25, 0.3) is 0 Å². The lowest BCUT2D eigenvalue weighted by atomic mass is 10.3. The van der Waals surface area contributed by atoms with Gasteiger partial charge in [-0.05, 0) is 18.2 Å². The number of hydrogen-bond donors (Lipinski definition) is 0. The molecule has 0 aliphatic heterocycles. The Morgan fingerprint density at radius 3 is 2.88 bits per heavy atom. The van der Waals surface area contributed by atoms with Gasteiger partial charge in [0, 0.05) is 16.7 Å². The number of nitrogens with zero attached hydrogens (tertiary/aromatic N) is 2. The minimum absolute atomic E-state index is 0.185. The molecule has 0 saturated heterocycles. The molecule has 0 unspecified atom stereocenters. The molecule has 1 heterocycles. The topological polar surface area (TPSA) is 44.2 Å². The molecule has 2 rings (SSSR count). The molecule has 17 heavy (non-hydrogen) atoms. The smallest absolute Gasteiger partial charge is 0.325 e. The quantitative estimate of drug-likeness (QED) is 0.866. The van der Waals surface area contributed by atoms with E-state index < -0.39 is 0 Å². The van der Waals surface area contributed by atoms with Gasteiger partial charge in [0.2, 0.25) is 5.88 Å². The van der Waals surface area contributed by atoms with Crippen molar-refractivity contribution < 1.29 is 9.47 Å². The van der Waals surface area contributed by atoms with Crippen molar-refractivity contribution >= 4 is 27.5 Å². The first kappa shape index (κ1) is 12.1. The summed E-state index contributed by atoms with van der Waals surface area (Å²) in [6.07, 6.45) is 1.55. The number of hydrogen-bond acceptors (Lipinski definition) is 4. The summed E-state index contributed by atoms with van der Waals surface area (Å²) in [5.41, 5.74) is 0. The van der Waals surface area contributed by atoms with Crippen LogP contribution in [0.15, 0.2) is 34.9 Å². The summed E-state index contributed by atoms with van der Waals surface area (Å²) >= 11 is 9.32. The van der Waals surface area contributed by atoms with Gasteiger partial charge < -0.3 is 9.47 Å². The maximum absolute atomic E-state index is 5.99. The van der Waals surface area contributed by atoms with Crippen LogP contribution in [-0.4, -0.2) is 17.1 Å². The third kappa shape index (κ3) is 3.08. The van der Waals surface area contributed by atoms with E-state index in [1.54, 1.807) is 24.4 Å². The molecule has 0 amide bonds. The maximum atomic E-state index is 5.99. The SMILES string of the molecule is COc1ccnc(Oc2cc(Br)ccc2Cl)n1. The molecule has 1 aromatic heterocycles. The average molecular weight is 316 g/mol. The second kappa shape index (κ2) is 5.33. The van der Waals surface area contributed by atoms with Crippen molar-refractivity contribution in [1.82, 2.24) is 9.97 Å². The Labute approximate surface area is 112 Å². The van der Waals surface area contributed by atoms with Crippen molar-refractivity contribution in [3.05, 3.63) is 40.0 Å². The molecule has 0 aliphatic carbocycles. The predicted molar refractivity (Wildman–Crippen MR) is 67.8 cm³/mol. The molecule has 0 spiro atoms. The van der Waals surface area contributed by atoms with Crippen LogP contribution in [0.2, 0.25) is 5.02 Å². The average Bonchev–Trinajstić information content (AvgIpc) is 2.34. The molecule has 0 fully saturated rings. The van der Waals surface area contributed by atoms with E-state index in [4.69, 9.17) is 21.1 Å². The highest BCUT2D eigenvalue weighted by Gasteiger charge is 2.06. The summed E-state index contributed by atoms with van der Waals surface area (Å²) in [5, 5.41) is 0.486. The Hall–Kier alpha value is -1.33. The highest BCUT2D eigenvalue weighted by molar-refractivity contribution is 9.10. The molecule has 1 aromatic carbocycles. The first-order valence-electron chi connectivity index (χ1n) is 4.69. The first-order chi connectivity index (χ1) is 8.19. The van der Waals surface area contributed by atoms with Crippen LogP contribution >= 0.6 is 27.5 Å². The molecule has 0 saturated carbocycles. The highest BCUT2D eigenvalue weighted by atomic mass is 79.9. The van der Waals surface area contributed by atoms with Gasteiger partial charge in [0.05, 0.1) is 12.1 Å². The standard InChI is InChI=1S/C11H8BrClN2O2/c1-16-10-4-5-14-11(15-10)17-9-6-7(12)2-3-8(9)13/h2-6H,1H3. The van der Waals surface area contributed by atoms with E-state index in [9.17, 15) is 0 Å². The largest absolute Gasteiger partial charge is 0.481 e. The van der Waals surface area contributed by atoms with Crippen molar-refractivity contribution in [2.75, 3.05) is 7.11 Å². The number of methoxy groups -OCH3 is 1. The van der Waals surface area contributed by atoms with Crippen LogP contribution in [-0.2, 0) is 0 Å². The lowest BCUT2D eigenvalue weighted by molar-refractivity contribution is 0.376. The molecule has 0 aliphatic rings. The van der Waals surface area contributed by atoms with Gasteiger partial charge in [-0.3, -0.25) is 0 Å². The van der Waals surface area contributed by atoms with Crippen molar-refractivity contribution in [1.29, 1.82) is 0 Å². The summed E-state index contributed by atoms with van der Waals surface area (Å²) in [4.78, 5) is 7.99. The second-order valence-electron chi connectivity index (χ2n) is 3.06. The van der Waals surface area contributed by atoms with Gasteiger partial charge in [-0.2, -0.15) is 4.98 Å². The maximum Gasteiger partial charge on any atom is 0.325 e. The number of ether oxygens (including phenoxy) is 2. The van der Waals surface area contributed by atoms with E-state index in [0.717, 1.165) is 4.47 Å². The molecule has 88 valence electrons. The van der Waals surface area contributed by atoms with Crippen LogP contribution < -0.4 is 9.47 Å². The Kier molecular flexibility index (Phi) is 3.81. The molecule has 4 nitrogen and oxygen atoms in total. The van der Waals surface area contributed by atoms with Crippen LogP contribution in [0.4, 0.5) is 0 Å². The lowest BCUT2D eigenvalue weighted by Crippen LogP contribution is -1.94. The second-order valence-corrected chi connectivity index (χ2v) is 4.38. The Balaban J connectivity index is 2.27. The molecule has 0 N–H and O–H groups in total. The van der Waals surface area contributed by atoms with Crippen LogP contribution in [0.5, 0.6) is 17.6 Å². The Morgan fingerprint density at radius 2 is 2.12 bits per heavy atom. The fourth-order valence-corrected chi connectivity index (χ4v) is 1.64. The monoisotopic (exact) mass is 314 g/mol. The fourth-order valence-electron chi connectivity index (χ4n) is 1.14. The van der Waals surface area contributed by atoms with Crippen molar-refractivity contribution in [2.24, 2.45) is 0 Å². The number of rotatable bonds is 3. The van der Waals surface area contributed by atoms with E-state index >= 15 is 0 Å². The third-order valence-corrected chi connectivity index (χ3v) is 2.72. The van der Waals surface area contributed by atoms with Gasteiger partial charge in [0.15, 0.2) is 5.75 Å². The summed E-state index contributed by atoms with van der Waals surface area (Å²) in [5.74, 6) is 0.912. The van der Waals surface area contributed by atoms with E-state index in [1.807, 2.05) is 6.07 Å². The summed E-state index contributed by atoms with van der Waals surface area (Å²) in [6.45, 7) is 0. The number of halogens is 2. The highest BCUT2D eigenvalue weighted by Crippen LogP contribution is 2.30. The van der Waals surface area contributed by atoms with Crippen molar-refractivity contribution in [3.8, 4) is 17.6 Å². The van der Waals surface area contributed by atoms with Gasteiger partial charge in [-0.25, -0.2) is 4.98 Å². The van der Waals surface area contributed by atoms with Crippen molar-refractivity contribution in [3.63, 3.8) is 0 Å². The van der Waals surface area contributed by atoms with E-state index in [1.165, 1.54) is 7.11 Å². The van der Waals surface area contributed by atoms with Crippen LogP contribution in [0, 0.1) is 0 Å². The number of aromatic nitrogens is 2. The Morgan fingerprint density at radius 1 is 1.29 bits per heavy atom. The molecule has 0 radical (unpaired) electrons. The number of benzene rings is 1. The minimum atomic E-state index is 0.185. The molecular weight excluding hydrogens is 307 g/mol. The van der Waals surface area contributed by atoms with Gasteiger partial charge in [0.25, 0.3) is 0 Å². The molecule has 0 bridgehead atoms. The first-order valence-corrected chi connectivity index (χ1v) is 5.86. The van der Waals surface area contributed by atoms with E-state index in [2.05, 4.69) is 25.9 Å². The van der Waals surface area contributed by atoms with Crippen molar-refractivity contribution in [2.45, 2.75) is 0 Å².